The van der Waals surface area contributed by atoms with E-state index in [0.717, 1.165) is 0 Å². The van der Waals surface area contributed by atoms with E-state index >= 15 is 0 Å². The second-order valence-corrected chi connectivity index (χ2v) is 4.33. The summed E-state index contributed by atoms with van der Waals surface area (Å²) in [6.45, 7) is 2.60. The van der Waals surface area contributed by atoms with E-state index in [1.54, 1.807) is 12.5 Å². The van der Waals surface area contributed by atoms with Gasteiger partial charge in [-0.1, -0.05) is 0 Å². The van der Waals surface area contributed by atoms with E-state index in [1.807, 2.05) is 17.7 Å². The molecule has 1 aliphatic rings. The topological polar surface area (TPSA) is 70.7 Å². The molecule has 1 amide bonds. The van der Waals surface area contributed by atoms with Gasteiger partial charge in [0.2, 0.25) is 5.91 Å². The van der Waals surface area contributed by atoms with E-state index in [9.17, 15) is 4.79 Å². The van der Waals surface area contributed by atoms with Gasteiger partial charge >= 0.3 is 0 Å². The van der Waals surface area contributed by atoms with Gasteiger partial charge in [0, 0.05) is 25.0 Å². The molecule has 1 aromatic rings. The summed E-state index contributed by atoms with van der Waals surface area (Å²) >= 11 is 0. The molecule has 16 heavy (non-hydrogen) atoms. The van der Waals surface area contributed by atoms with Crippen LogP contribution in [0.1, 0.15) is 19.8 Å². The van der Waals surface area contributed by atoms with E-state index in [4.69, 9.17) is 5.26 Å². The zero-order valence-corrected chi connectivity index (χ0v) is 9.18. The number of hydrogen-bond donors (Lipinski definition) is 1. The molecule has 5 nitrogen and oxygen atoms in total. The molecule has 0 bridgehead atoms. The van der Waals surface area contributed by atoms with Crippen LogP contribution in [0, 0.1) is 16.7 Å². The lowest BCUT2D eigenvalue weighted by atomic mass is 10.1. The summed E-state index contributed by atoms with van der Waals surface area (Å²) in [4.78, 5) is 15.7. The number of nitrogens with zero attached hydrogens (tertiary/aromatic N) is 3. The van der Waals surface area contributed by atoms with Crippen LogP contribution in [0.2, 0.25) is 0 Å². The van der Waals surface area contributed by atoms with Crippen LogP contribution >= 0.6 is 0 Å². The molecule has 1 aliphatic carbocycles. The third-order valence-corrected chi connectivity index (χ3v) is 2.82. The monoisotopic (exact) mass is 218 g/mol. The Balaban J connectivity index is 1.86. The number of hydrogen-bond acceptors (Lipinski definition) is 3. The third kappa shape index (κ3) is 2.06. The highest BCUT2D eigenvalue weighted by Gasteiger charge is 2.50. The third-order valence-electron chi connectivity index (χ3n) is 2.82. The number of imidazole rings is 1. The van der Waals surface area contributed by atoms with Crippen molar-refractivity contribution in [2.45, 2.75) is 32.4 Å². The first kappa shape index (κ1) is 10.7. The maximum absolute atomic E-state index is 11.7. The highest BCUT2D eigenvalue weighted by Crippen LogP contribution is 2.45. The Hall–Kier alpha value is -1.83. The van der Waals surface area contributed by atoms with Crippen LogP contribution in [-0.2, 0) is 11.3 Å². The van der Waals surface area contributed by atoms with E-state index < -0.39 is 5.41 Å². The lowest BCUT2D eigenvalue weighted by Gasteiger charge is -2.16. The molecule has 5 heteroatoms. The van der Waals surface area contributed by atoms with Crippen LogP contribution in [0.25, 0.3) is 0 Å². The number of nitrogens with one attached hydrogen (secondary N) is 1. The Morgan fingerprint density at radius 1 is 1.75 bits per heavy atom. The van der Waals surface area contributed by atoms with E-state index in [1.165, 1.54) is 0 Å². The van der Waals surface area contributed by atoms with Crippen molar-refractivity contribution in [2.24, 2.45) is 5.41 Å². The van der Waals surface area contributed by atoms with Crippen molar-refractivity contribution in [3.8, 4) is 6.07 Å². The van der Waals surface area contributed by atoms with Crippen LogP contribution in [-0.4, -0.2) is 21.5 Å². The highest BCUT2D eigenvalue weighted by atomic mass is 16.2. The summed E-state index contributed by atoms with van der Waals surface area (Å²) in [5.74, 6) is -0.136. The minimum atomic E-state index is -0.733. The number of carbonyl (C=O) groups is 1. The SMILES string of the molecule is CC(Cn1ccnc1)NC(=O)C1(C#N)CC1. The van der Waals surface area contributed by atoms with Crippen molar-refractivity contribution in [1.29, 1.82) is 5.26 Å². The van der Waals surface area contributed by atoms with Crippen molar-refractivity contribution in [3.63, 3.8) is 0 Å². The first-order valence-corrected chi connectivity index (χ1v) is 5.34. The minimum Gasteiger partial charge on any atom is -0.350 e. The molecule has 1 N–H and O–H groups in total. The lowest BCUT2D eigenvalue weighted by Crippen LogP contribution is -2.39. The van der Waals surface area contributed by atoms with Gasteiger partial charge in [-0.2, -0.15) is 5.26 Å². The summed E-state index contributed by atoms with van der Waals surface area (Å²) in [5, 5.41) is 11.7. The summed E-state index contributed by atoms with van der Waals surface area (Å²) in [6.07, 6.45) is 6.63. The number of nitriles is 1. The average Bonchev–Trinajstić information content (AvgIpc) is 2.91. The molecular formula is C11H14N4O. The number of rotatable bonds is 4. The number of amides is 1. The molecule has 1 heterocycles. The molecule has 2 rings (SSSR count). The first-order valence-electron chi connectivity index (χ1n) is 5.34. The standard InChI is InChI=1S/C11H14N4O/c1-9(6-15-5-4-13-8-15)14-10(16)11(7-12)2-3-11/h4-5,8-9H,2-3,6H2,1H3,(H,14,16). The van der Waals surface area contributed by atoms with Crippen LogP contribution in [0.3, 0.4) is 0 Å². The van der Waals surface area contributed by atoms with E-state index in [2.05, 4.69) is 16.4 Å². The maximum atomic E-state index is 11.7. The van der Waals surface area contributed by atoms with Gasteiger partial charge in [-0.05, 0) is 19.8 Å². The van der Waals surface area contributed by atoms with Gasteiger partial charge in [-0.15, -0.1) is 0 Å². The Bertz CT molecular complexity index is 414. The van der Waals surface area contributed by atoms with Crippen molar-refractivity contribution in [1.82, 2.24) is 14.9 Å². The van der Waals surface area contributed by atoms with Gasteiger partial charge in [-0.25, -0.2) is 4.98 Å². The molecule has 0 saturated heterocycles. The highest BCUT2D eigenvalue weighted by molar-refractivity contribution is 5.88. The molecule has 0 aromatic carbocycles. The maximum Gasteiger partial charge on any atom is 0.240 e. The molecule has 0 radical (unpaired) electrons. The Morgan fingerprint density at radius 3 is 3.00 bits per heavy atom. The molecular weight excluding hydrogens is 204 g/mol. The molecule has 1 unspecified atom stereocenters. The summed E-state index contributed by atoms with van der Waals surface area (Å²) in [5.41, 5.74) is -0.733. The van der Waals surface area contributed by atoms with Gasteiger partial charge in [0.15, 0.2) is 0 Å². The summed E-state index contributed by atoms with van der Waals surface area (Å²) in [6, 6.07) is 2.09. The van der Waals surface area contributed by atoms with Crippen molar-refractivity contribution in [2.75, 3.05) is 0 Å². The predicted molar refractivity (Wildman–Crippen MR) is 57.1 cm³/mol. The zero-order chi connectivity index (χ0) is 11.6. The fourth-order valence-corrected chi connectivity index (χ4v) is 1.63. The smallest absolute Gasteiger partial charge is 0.240 e. The molecule has 1 saturated carbocycles. The number of carbonyl (C=O) groups excluding carboxylic acids is 1. The van der Waals surface area contributed by atoms with Crippen molar-refractivity contribution < 1.29 is 4.79 Å². The Kier molecular flexibility index (Phi) is 2.65. The summed E-state index contributed by atoms with van der Waals surface area (Å²) < 4.78 is 1.90. The summed E-state index contributed by atoms with van der Waals surface area (Å²) in [7, 11) is 0. The van der Waals surface area contributed by atoms with Crippen LogP contribution in [0.4, 0.5) is 0 Å². The van der Waals surface area contributed by atoms with Crippen LogP contribution in [0.5, 0.6) is 0 Å². The van der Waals surface area contributed by atoms with Gasteiger partial charge in [0.05, 0.1) is 12.4 Å². The van der Waals surface area contributed by atoms with E-state index in [-0.39, 0.29) is 11.9 Å². The van der Waals surface area contributed by atoms with Gasteiger partial charge < -0.3 is 9.88 Å². The van der Waals surface area contributed by atoms with Crippen molar-refractivity contribution >= 4 is 5.91 Å². The van der Waals surface area contributed by atoms with E-state index in [0.29, 0.717) is 19.4 Å². The van der Waals surface area contributed by atoms with Crippen molar-refractivity contribution in [3.05, 3.63) is 18.7 Å². The second-order valence-electron chi connectivity index (χ2n) is 4.33. The Labute approximate surface area is 94.1 Å². The minimum absolute atomic E-state index is 0.00697. The fourth-order valence-electron chi connectivity index (χ4n) is 1.63. The van der Waals surface area contributed by atoms with Crippen LogP contribution in [0.15, 0.2) is 18.7 Å². The largest absolute Gasteiger partial charge is 0.350 e. The molecule has 84 valence electrons. The molecule has 0 spiro atoms. The zero-order valence-electron chi connectivity index (χ0n) is 9.18. The Morgan fingerprint density at radius 2 is 2.50 bits per heavy atom. The lowest BCUT2D eigenvalue weighted by molar-refractivity contribution is -0.125. The predicted octanol–water partition coefficient (Wildman–Crippen LogP) is 0.692. The molecule has 1 atom stereocenters. The average molecular weight is 218 g/mol. The number of aromatic nitrogens is 2. The molecule has 1 fully saturated rings. The van der Waals surface area contributed by atoms with Gasteiger partial charge in [-0.3, -0.25) is 4.79 Å². The first-order chi connectivity index (χ1) is 7.66. The van der Waals surface area contributed by atoms with Crippen LogP contribution < -0.4 is 5.32 Å². The van der Waals surface area contributed by atoms with Gasteiger partial charge in [0.25, 0.3) is 0 Å². The fraction of sp³-hybridized carbons (Fsp3) is 0.545. The normalized spacial score (nSPS) is 18.5. The second kappa shape index (κ2) is 3.97. The molecule has 0 aliphatic heterocycles. The van der Waals surface area contributed by atoms with Gasteiger partial charge in [0.1, 0.15) is 5.41 Å². The quantitative estimate of drug-likeness (QED) is 0.808. The molecule has 1 aromatic heterocycles.